The molecule has 4 aromatic carbocycles. The van der Waals surface area contributed by atoms with E-state index < -0.39 is 53.8 Å². The maximum absolute atomic E-state index is 13.7. The largest absolute Gasteiger partial charge is 0.497 e. The number of nitro groups is 1. The van der Waals surface area contributed by atoms with Crippen molar-refractivity contribution in [3.63, 3.8) is 0 Å². The normalized spacial score (nSPS) is 11.4. The van der Waals surface area contributed by atoms with Crippen molar-refractivity contribution in [1.82, 2.24) is 0 Å². The molecule has 0 aliphatic carbocycles. The summed E-state index contributed by atoms with van der Waals surface area (Å²) < 4.78 is 74.1. The van der Waals surface area contributed by atoms with E-state index >= 15 is 0 Å². The van der Waals surface area contributed by atoms with Crippen molar-refractivity contribution < 1.29 is 35.7 Å². The van der Waals surface area contributed by atoms with Crippen molar-refractivity contribution in [2.24, 2.45) is 0 Å². The fourth-order valence-electron chi connectivity index (χ4n) is 3.92. The standard InChI is InChI=1S/C28H25FN4O8S2/c1-19-3-14-26(17-27(19)33(35)36)43(39,40)32(23-10-12-24(41-2)13-11-23)18-28(34)30-21-8-15-25(16-9-21)42(37,38)31-22-6-4-20(29)5-7-22/h3-17,31H,18H2,1-2H3,(H,30,34). The minimum atomic E-state index is -4.48. The zero-order chi connectivity index (χ0) is 31.4. The Bertz CT molecular complexity index is 1870. The van der Waals surface area contributed by atoms with Gasteiger partial charge in [-0.1, -0.05) is 6.07 Å². The number of carbonyl (C=O) groups excluding carboxylic acids is 1. The van der Waals surface area contributed by atoms with E-state index in [0.717, 1.165) is 22.5 Å². The number of nitrogens with one attached hydrogen (secondary N) is 2. The first-order chi connectivity index (χ1) is 20.3. The molecule has 12 nitrogen and oxygen atoms in total. The zero-order valence-corrected chi connectivity index (χ0v) is 24.4. The Hall–Kier alpha value is -5.02. The molecule has 0 saturated heterocycles. The minimum Gasteiger partial charge on any atom is -0.497 e. The van der Waals surface area contributed by atoms with Crippen molar-refractivity contribution in [2.45, 2.75) is 16.7 Å². The highest BCUT2D eigenvalue weighted by Gasteiger charge is 2.29. The zero-order valence-electron chi connectivity index (χ0n) is 22.7. The average molecular weight is 629 g/mol. The summed E-state index contributed by atoms with van der Waals surface area (Å²) in [5.74, 6) is -0.872. The van der Waals surface area contributed by atoms with E-state index in [0.29, 0.717) is 5.75 Å². The van der Waals surface area contributed by atoms with E-state index in [-0.39, 0.29) is 27.5 Å². The Kier molecular flexibility index (Phi) is 8.96. The lowest BCUT2D eigenvalue weighted by molar-refractivity contribution is -0.385. The maximum atomic E-state index is 13.7. The van der Waals surface area contributed by atoms with Gasteiger partial charge in [-0.15, -0.1) is 0 Å². The average Bonchev–Trinajstić information content (AvgIpc) is 2.97. The summed E-state index contributed by atoms with van der Waals surface area (Å²) in [6.45, 7) is 0.751. The molecule has 15 heteroatoms. The number of carbonyl (C=O) groups is 1. The molecule has 0 aliphatic heterocycles. The van der Waals surface area contributed by atoms with Crippen molar-refractivity contribution >= 4 is 48.7 Å². The number of nitrogens with zero attached hydrogens (tertiary/aromatic N) is 2. The van der Waals surface area contributed by atoms with Crippen LogP contribution in [-0.4, -0.2) is 41.3 Å². The van der Waals surface area contributed by atoms with Gasteiger partial charge >= 0.3 is 0 Å². The second-order valence-electron chi connectivity index (χ2n) is 9.10. The molecule has 224 valence electrons. The van der Waals surface area contributed by atoms with Crippen LogP contribution in [0.25, 0.3) is 0 Å². The molecule has 0 heterocycles. The SMILES string of the molecule is COc1ccc(N(CC(=O)Nc2ccc(S(=O)(=O)Nc3ccc(F)cc3)cc2)S(=O)(=O)c2ccc(C)c([N+](=O)[O-])c2)cc1. The van der Waals surface area contributed by atoms with Crippen LogP contribution in [-0.2, 0) is 24.8 Å². The molecule has 4 aromatic rings. The summed E-state index contributed by atoms with van der Waals surface area (Å²) in [5, 5.41) is 14.0. The predicted molar refractivity (Wildman–Crippen MR) is 158 cm³/mol. The lowest BCUT2D eigenvalue weighted by Crippen LogP contribution is -2.38. The molecule has 43 heavy (non-hydrogen) atoms. The molecule has 0 spiro atoms. The highest BCUT2D eigenvalue weighted by Crippen LogP contribution is 2.29. The monoisotopic (exact) mass is 628 g/mol. The Labute approximate surface area is 247 Å². The molecule has 0 atom stereocenters. The number of nitro benzene ring substituents is 1. The van der Waals surface area contributed by atoms with E-state index in [4.69, 9.17) is 4.74 Å². The summed E-state index contributed by atoms with van der Waals surface area (Å²) in [6, 6.07) is 19.1. The van der Waals surface area contributed by atoms with Crippen molar-refractivity contribution in [2.75, 3.05) is 28.0 Å². The highest BCUT2D eigenvalue weighted by molar-refractivity contribution is 7.93. The number of aryl methyl sites for hydroxylation is 1. The number of methoxy groups -OCH3 is 1. The van der Waals surface area contributed by atoms with Crippen molar-refractivity contribution in [1.29, 1.82) is 0 Å². The summed E-state index contributed by atoms with van der Waals surface area (Å²) in [5.41, 5.74) is 0.272. The summed E-state index contributed by atoms with van der Waals surface area (Å²) in [6.07, 6.45) is 0. The van der Waals surface area contributed by atoms with Gasteiger partial charge in [-0.3, -0.25) is 23.9 Å². The number of ether oxygens (including phenoxy) is 1. The lowest BCUT2D eigenvalue weighted by Gasteiger charge is -2.24. The number of amides is 1. The number of benzene rings is 4. The number of halogens is 1. The van der Waals surface area contributed by atoms with Crippen LogP contribution in [0.3, 0.4) is 0 Å². The lowest BCUT2D eigenvalue weighted by atomic mass is 10.2. The minimum absolute atomic E-state index is 0.0903. The third kappa shape index (κ3) is 7.25. The van der Waals surface area contributed by atoms with Crippen LogP contribution in [0.4, 0.5) is 27.1 Å². The number of sulfonamides is 2. The topological polar surface area (TPSA) is 165 Å². The Balaban J connectivity index is 1.57. The van der Waals surface area contributed by atoms with Crippen LogP contribution in [0.1, 0.15) is 5.56 Å². The van der Waals surface area contributed by atoms with Gasteiger partial charge in [0, 0.05) is 23.0 Å². The summed E-state index contributed by atoms with van der Waals surface area (Å²) in [4.78, 5) is 23.3. The number of hydrogen-bond acceptors (Lipinski definition) is 8. The summed E-state index contributed by atoms with van der Waals surface area (Å²) >= 11 is 0. The first kappa shape index (κ1) is 30.9. The fourth-order valence-corrected chi connectivity index (χ4v) is 6.42. The molecule has 2 N–H and O–H groups in total. The van der Waals surface area contributed by atoms with Gasteiger partial charge in [-0.2, -0.15) is 0 Å². The van der Waals surface area contributed by atoms with Gasteiger partial charge in [-0.05, 0) is 85.8 Å². The van der Waals surface area contributed by atoms with Crippen molar-refractivity contribution in [3.05, 3.63) is 112 Å². The molecular formula is C28H25FN4O8S2. The van der Waals surface area contributed by atoms with Crippen LogP contribution in [0.2, 0.25) is 0 Å². The van der Waals surface area contributed by atoms with Crippen LogP contribution in [0.15, 0.2) is 101 Å². The molecule has 4 rings (SSSR count). The molecule has 0 unspecified atom stereocenters. The molecule has 0 fully saturated rings. The number of anilines is 3. The number of hydrogen-bond donors (Lipinski definition) is 2. The fraction of sp³-hybridized carbons (Fsp3) is 0.107. The van der Waals surface area contributed by atoms with Crippen LogP contribution in [0, 0.1) is 22.9 Å². The number of rotatable bonds is 11. The van der Waals surface area contributed by atoms with Gasteiger partial charge in [0.2, 0.25) is 5.91 Å². The predicted octanol–water partition coefficient (Wildman–Crippen LogP) is 4.69. The third-order valence-corrected chi connectivity index (χ3v) is 9.32. The van der Waals surface area contributed by atoms with Crippen molar-refractivity contribution in [3.8, 4) is 5.75 Å². The highest BCUT2D eigenvalue weighted by atomic mass is 32.2. The van der Waals surface area contributed by atoms with Gasteiger partial charge in [0.1, 0.15) is 18.1 Å². The van der Waals surface area contributed by atoms with E-state index in [1.807, 2.05) is 0 Å². The molecule has 0 aliphatic rings. The van der Waals surface area contributed by atoms with Gasteiger partial charge < -0.3 is 10.1 Å². The second-order valence-corrected chi connectivity index (χ2v) is 12.6. The van der Waals surface area contributed by atoms with Crippen LogP contribution < -0.4 is 19.1 Å². The Morgan fingerprint density at radius 3 is 2.05 bits per heavy atom. The smallest absolute Gasteiger partial charge is 0.273 e. The maximum Gasteiger partial charge on any atom is 0.273 e. The second kappa shape index (κ2) is 12.5. The molecular weight excluding hydrogens is 603 g/mol. The van der Waals surface area contributed by atoms with E-state index in [9.17, 15) is 36.1 Å². The van der Waals surface area contributed by atoms with Gasteiger partial charge in [0.25, 0.3) is 25.7 Å². The van der Waals surface area contributed by atoms with E-state index in [1.54, 1.807) is 0 Å². The Morgan fingerprint density at radius 1 is 0.884 bits per heavy atom. The molecule has 0 aromatic heterocycles. The molecule has 0 bridgehead atoms. The first-order valence-corrected chi connectivity index (χ1v) is 15.3. The molecule has 0 radical (unpaired) electrons. The quantitative estimate of drug-likeness (QED) is 0.178. The van der Waals surface area contributed by atoms with Crippen LogP contribution in [0.5, 0.6) is 5.75 Å². The van der Waals surface area contributed by atoms with Gasteiger partial charge in [-0.25, -0.2) is 21.2 Å². The molecule has 1 amide bonds. The van der Waals surface area contributed by atoms with Crippen LogP contribution >= 0.6 is 0 Å². The van der Waals surface area contributed by atoms with E-state index in [2.05, 4.69) is 10.0 Å². The third-order valence-electron chi connectivity index (χ3n) is 6.16. The first-order valence-electron chi connectivity index (χ1n) is 12.4. The van der Waals surface area contributed by atoms with Gasteiger partial charge in [0.05, 0.1) is 27.5 Å². The van der Waals surface area contributed by atoms with Gasteiger partial charge in [0.15, 0.2) is 0 Å². The van der Waals surface area contributed by atoms with E-state index in [1.165, 1.54) is 86.8 Å². The summed E-state index contributed by atoms with van der Waals surface area (Å²) in [7, 11) is -7.07. The molecule has 0 saturated carbocycles. The Morgan fingerprint density at radius 2 is 1.47 bits per heavy atom.